The number of aromatic nitrogens is 1. The molecule has 0 spiro atoms. The lowest BCUT2D eigenvalue weighted by molar-refractivity contribution is -0.384. The molecule has 1 atom stereocenters. The molecule has 7 nitrogen and oxygen atoms in total. The van der Waals surface area contributed by atoms with Crippen LogP contribution in [0, 0.1) is 16.0 Å². The SMILES string of the molecule is CCCCOc1c(OCC(C)CCC)c(=O)n(C)c2cc([N+](=O)[O-])ccc12. The zero-order valence-electron chi connectivity index (χ0n) is 16.5. The standard InChI is InChI=1S/C20H28N2O5/c1-5-7-11-26-18-16-10-9-15(22(24)25)12-17(16)21(4)20(23)19(18)27-13-14(3)8-6-2/h9-10,12,14H,5-8,11,13H2,1-4H3. The van der Waals surface area contributed by atoms with Crippen LogP contribution in [0.3, 0.4) is 0 Å². The number of unbranched alkanes of at least 4 members (excludes halogenated alkanes) is 1. The highest BCUT2D eigenvalue weighted by Gasteiger charge is 2.21. The van der Waals surface area contributed by atoms with Crippen LogP contribution in [-0.2, 0) is 7.05 Å². The Morgan fingerprint density at radius 1 is 1.19 bits per heavy atom. The maximum absolute atomic E-state index is 12.9. The van der Waals surface area contributed by atoms with E-state index >= 15 is 0 Å². The van der Waals surface area contributed by atoms with Crippen molar-refractivity contribution in [2.75, 3.05) is 13.2 Å². The summed E-state index contributed by atoms with van der Waals surface area (Å²) in [5.41, 5.74) is 0.0371. The van der Waals surface area contributed by atoms with Gasteiger partial charge in [-0.1, -0.05) is 33.6 Å². The normalized spacial score (nSPS) is 12.1. The van der Waals surface area contributed by atoms with E-state index < -0.39 is 4.92 Å². The summed E-state index contributed by atoms with van der Waals surface area (Å²) >= 11 is 0. The summed E-state index contributed by atoms with van der Waals surface area (Å²) in [7, 11) is 1.59. The van der Waals surface area contributed by atoms with Crippen LogP contribution in [0.1, 0.15) is 46.5 Å². The number of benzene rings is 1. The summed E-state index contributed by atoms with van der Waals surface area (Å²) in [6, 6.07) is 4.44. The first kappa shape index (κ1) is 20.7. The van der Waals surface area contributed by atoms with Crippen molar-refractivity contribution in [3.63, 3.8) is 0 Å². The molecule has 1 heterocycles. The van der Waals surface area contributed by atoms with Crippen LogP contribution in [0.15, 0.2) is 23.0 Å². The number of nitrogens with zero attached hydrogens (tertiary/aromatic N) is 2. The molecule has 0 aliphatic carbocycles. The molecule has 0 amide bonds. The van der Waals surface area contributed by atoms with E-state index in [-0.39, 0.29) is 17.0 Å². The molecule has 0 aliphatic heterocycles. The second-order valence-electron chi connectivity index (χ2n) is 6.89. The predicted molar refractivity (Wildman–Crippen MR) is 106 cm³/mol. The first-order valence-electron chi connectivity index (χ1n) is 9.47. The van der Waals surface area contributed by atoms with Gasteiger partial charge in [0.15, 0.2) is 5.75 Å². The van der Waals surface area contributed by atoms with E-state index in [1.807, 2.05) is 0 Å². The second kappa shape index (κ2) is 9.39. The molecular formula is C20H28N2O5. The summed E-state index contributed by atoms with van der Waals surface area (Å²) in [5.74, 6) is 0.869. The third-order valence-electron chi connectivity index (χ3n) is 4.54. The van der Waals surface area contributed by atoms with E-state index in [4.69, 9.17) is 9.47 Å². The average Bonchev–Trinajstić information content (AvgIpc) is 2.65. The molecule has 0 radical (unpaired) electrons. The number of aryl methyl sites for hydroxylation is 1. The Balaban J connectivity index is 2.55. The minimum atomic E-state index is -0.474. The zero-order chi connectivity index (χ0) is 20.0. The number of nitro groups is 1. The molecular weight excluding hydrogens is 348 g/mol. The molecule has 0 saturated carbocycles. The van der Waals surface area contributed by atoms with Gasteiger partial charge in [-0.05, 0) is 24.8 Å². The van der Waals surface area contributed by atoms with E-state index in [0.717, 1.165) is 25.7 Å². The van der Waals surface area contributed by atoms with Crippen LogP contribution < -0.4 is 15.0 Å². The molecule has 0 bridgehead atoms. The van der Waals surface area contributed by atoms with Gasteiger partial charge in [-0.3, -0.25) is 14.9 Å². The summed E-state index contributed by atoms with van der Waals surface area (Å²) in [6.45, 7) is 7.12. The van der Waals surface area contributed by atoms with Gasteiger partial charge in [-0.15, -0.1) is 0 Å². The molecule has 0 aliphatic rings. The van der Waals surface area contributed by atoms with Crippen LogP contribution in [0.5, 0.6) is 11.5 Å². The molecule has 2 rings (SSSR count). The largest absolute Gasteiger partial charge is 0.489 e. The lowest BCUT2D eigenvalue weighted by Crippen LogP contribution is -2.23. The molecule has 1 aromatic carbocycles. The van der Waals surface area contributed by atoms with Gasteiger partial charge in [0.1, 0.15) is 0 Å². The number of nitro benzene ring substituents is 1. The van der Waals surface area contributed by atoms with Crippen molar-refractivity contribution in [2.24, 2.45) is 13.0 Å². The summed E-state index contributed by atoms with van der Waals surface area (Å²) < 4.78 is 13.2. The number of rotatable bonds is 10. The number of hydrogen-bond donors (Lipinski definition) is 0. The average molecular weight is 376 g/mol. The zero-order valence-corrected chi connectivity index (χ0v) is 16.5. The molecule has 0 fully saturated rings. The van der Waals surface area contributed by atoms with Crippen molar-refractivity contribution in [3.05, 3.63) is 38.7 Å². The Morgan fingerprint density at radius 3 is 2.56 bits per heavy atom. The monoisotopic (exact) mass is 376 g/mol. The van der Waals surface area contributed by atoms with E-state index in [1.54, 1.807) is 13.1 Å². The van der Waals surface area contributed by atoms with Crippen molar-refractivity contribution in [1.82, 2.24) is 4.57 Å². The third kappa shape index (κ3) is 4.78. The van der Waals surface area contributed by atoms with Crippen LogP contribution in [0.4, 0.5) is 5.69 Å². The molecule has 1 aromatic heterocycles. The Bertz CT molecular complexity index is 860. The van der Waals surface area contributed by atoms with Crippen LogP contribution in [0.25, 0.3) is 10.9 Å². The van der Waals surface area contributed by atoms with Gasteiger partial charge in [0.05, 0.1) is 23.7 Å². The number of pyridine rings is 1. The first-order valence-corrected chi connectivity index (χ1v) is 9.47. The van der Waals surface area contributed by atoms with E-state index in [9.17, 15) is 14.9 Å². The smallest absolute Gasteiger partial charge is 0.297 e. The number of hydrogen-bond acceptors (Lipinski definition) is 5. The molecule has 0 saturated heterocycles. The maximum atomic E-state index is 12.9. The number of ether oxygens (including phenoxy) is 2. The lowest BCUT2D eigenvalue weighted by Gasteiger charge is -2.18. The Kier molecular flexibility index (Phi) is 7.21. The molecule has 7 heteroatoms. The van der Waals surface area contributed by atoms with Crippen LogP contribution in [-0.4, -0.2) is 22.7 Å². The van der Waals surface area contributed by atoms with Gasteiger partial charge in [0.2, 0.25) is 5.75 Å². The highest BCUT2D eigenvalue weighted by Crippen LogP contribution is 2.34. The third-order valence-corrected chi connectivity index (χ3v) is 4.54. The molecule has 1 unspecified atom stereocenters. The Hall–Kier alpha value is -2.57. The number of non-ortho nitro benzene ring substituents is 1. The topological polar surface area (TPSA) is 83.6 Å². The van der Waals surface area contributed by atoms with Gasteiger partial charge in [-0.2, -0.15) is 0 Å². The summed E-state index contributed by atoms with van der Waals surface area (Å²) in [4.78, 5) is 23.5. The highest BCUT2D eigenvalue weighted by atomic mass is 16.6. The van der Waals surface area contributed by atoms with E-state index in [0.29, 0.717) is 35.8 Å². The number of fused-ring (bicyclic) bond motifs is 1. The van der Waals surface area contributed by atoms with Gasteiger partial charge in [0.25, 0.3) is 11.2 Å². The van der Waals surface area contributed by atoms with Crippen LogP contribution in [0.2, 0.25) is 0 Å². The van der Waals surface area contributed by atoms with E-state index in [1.165, 1.54) is 16.7 Å². The molecule has 148 valence electrons. The van der Waals surface area contributed by atoms with Crippen molar-refractivity contribution >= 4 is 16.6 Å². The fourth-order valence-corrected chi connectivity index (χ4v) is 2.98. The summed E-state index contributed by atoms with van der Waals surface area (Å²) in [6.07, 6.45) is 3.85. The van der Waals surface area contributed by atoms with Crippen molar-refractivity contribution in [1.29, 1.82) is 0 Å². The predicted octanol–water partition coefficient (Wildman–Crippen LogP) is 4.44. The summed E-state index contributed by atoms with van der Waals surface area (Å²) in [5, 5.41) is 11.7. The minimum absolute atomic E-state index is 0.0674. The lowest BCUT2D eigenvalue weighted by atomic mass is 10.1. The maximum Gasteiger partial charge on any atom is 0.297 e. The Labute approximate surface area is 159 Å². The Morgan fingerprint density at radius 2 is 1.93 bits per heavy atom. The molecule has 0 N–H and O–H groups in total. The van der Waals surface area contributed by atoms with Crippen molar-refractivity contribution in [2.45, 2.75) is 46.5 Å². The van der Waals surface area contributed by atoms with Gasteiger partial charge < -0.3 is 14.0 Å². The van der Waals surface area contributed by atoms with Gasteiger partial charge in [-0.25, -0.2) is 0 Å². The second-order valence-corrected chi connectivity index (χ2v) is 6.89. The van der Waals surface area contributed by atoms with Crippen molar-refractivity contribution < 1.29 is 14.4 Å². The fraction of sp³-hybridized carbons (Fsp3) is 0.550. The molecule has 27 heavy (non-hydrogen) atoms. The fourth-order valence-electron chi connectivity index (χ4n) is 2.98. The highest BCUT2D eigenvalue weighted by molar-refractivity contribution is 5.89. The minimum Gasteiger partial charge on any atom is -0.489 e. The molecule has 2 aromatic rings. The van der Waals surface area contributed by atoms with Gasteiger partial charge in [0, 0.05) is 24.6 Å². The van der Waals surface area contributed by atoms with E-state index in [2.05, 4.69) is 20.8 Å². The van der Waals surface area contributed by atoms with Crippen molar-refractivity contribution in [3.8, 4) is 11.5 Å². The first-order chi connectivity index (χ1) is 12.9. The quantitative estimate of drug-likeness (QED) is 0.348. The van der Waals surface area contributed by atoms with Crippen LogP contribution >= 0.6 is 0 Å². The van der Waals surface area contributed by atoms with Gasteiger partial charge >= 0.3 is 0 Å².